The van der Waals surface area contributed by atoms with Gasteiger partial charge in [-0.05, 0) is 61.2 Å². The highest BCUT2D eigenvalue weighted by molar-refractivity contribution is 7.92. The average Bonchev–Trinajstić information content (AvgIpc) is 3.04. The van der Waals surface area contributed by atoms with Crippen LogP contribution in [0.25, 0.3) is 6.08 Å². The van der Waals surface area contributed by atoms with Gasteiger partial charge in [0.05, 0.1) is 10.6 Å². The highest BCUT2D eigenvalue weighted by Gasteiger charge is 2.19. The number of aryl methyl sites for hydroxylation is 1. The number of hydrogen-bond donors (Lipinski definition) is 2. The van der Waals surface area contributed by atoms with Gasteiger partial charge < -0.3 is 9.84 Å². The van der Waals surface area contributed by atoms with Crippen molar-refractivity contribution in [3.05, 3.63) is 77.0 Å². The first-order chi connectivity index (χ1) is 14.7. The number of anilines is 2. The Morgan fingerprint density at radius 1 is 1.03 bits per heavy atom. The molecule has 0 aliphatic heterocycles. The summed E-state index contributed by atoms with van der Waals surface area (Å²) in [7, 11) is -3.83. The number of aromatic nitrogens is 1. The molecule has 0 aliphatic carbocycles. The van der Waals surface area contributed by atoms with E-state index in [-0.39, 0.29) is 16.7 Å². The quantitative estimate of drug-likeness (QED) is 0.512. The molecule has 0 saturated carbocycles. The van der Waals surface area contributed by atoms with E-state index in [1.165, 1.54) is 35.9 Å². The van der Waals surface area contributed by atoms with E-state index in [1.807, 2.05) is 24.3 Å². The molecule has 31 heavy (non-hydrogen) atoms. The first-order valence-corrected chi connectivity index (χ1v) is 11.3. The highest BCUT2D eigenvalue weighted by Crippen LogP contribution is 2.22. The molecule has 0 aliphatic rings. The maximum absolute atomic E-state index is 12.5. The van der Waals surface area contributed by atoms with Crippen LogP contribution in [0.2, 0.25) is 0 Å². The van der Waals surface area contributed by atoms with Gasteiger partial charge >= 0.3 is 0 Å². The number of nitrogens with one attached hydrogen (secondary N) is 2. The van der Waals surface area contributed by atoms with E-state index < -0.39 is 10.0 Å². The van der Waals surface area contributed by atoms with Gasteiger partial charge in [0.2, 0.25) is 11.8 Å². The lowest BCUT2D eigenvalue weighted by atomic mass is 10.0. The molecule has 0 unspecified atom stereocenters. The van der Waals surface area contributed by atoms with Crippen molar-refractivity contribution < 1.29 is 17.7 Å². The Morgan fingerprint density at radius 3 is 2.23 bits per heavy atom. The van der Waals surface area contributed by atoms with E-state index in [0.717, 1.165) is 5.56 Å². The van der Waals surface area contributed by atoms with Crippen LogP contribution in [0.3, 0.4) is 0 Å². The molecular weight excluding hydrogens is 414 g/mol. The third kappa shape index (κ3) is 5.61. The standard InChI is InChI=1S/C23H25N3O4S/c1-15(2)19-8-5-18(6-9-19)7-14-22(27)24-20-10-12-21(13-11-20)31(28,29)26-23-16(3)17(4)25-30-23/h5-15,26H,1-4H3,(H,24,27). The summed E-state index contributed by atoms with van der Waals surface area (Å²) in [6, 6.07) is 13.9. The number of carbonyl (C=O) groups is 1. The Bertz CT molecular complexity index is 1190. The second-order valence-electron chi connectivity index (χ2n) is 7.50. The molecule has 1 amide bonds. The molecular formula is C23H25N3O4S. The van der Waals surface area contributed by atoms with Crippen molar-refractivity contribution >= 4 is 33.6 Å². The predicted molar refractivity (Wildman–Crippen MR) is 121 cm³/mol. The highest BCUT2D eigenvalue weighted by atomic mass is 32.2. The zero-order valence-electron chi connectivity index (χ0n) is 17.8. The fourth-order valence-corrected chi connectivity index (χ4v) is 3.80. The van der Waals surface area contributed by atoms with Crippen molar-refractivity contribution in [3.63, 3.8) is 0 Å². The zero-order chi connectivity index (χ0) is 22.6. The van der Waals surface area contributed by atoms with Gasteiger partial charge in [-0.2, -0.15) is 0 Å². The normalized spacial score (nSPS) is 11.8. The van der Waals surface area contributed by atoms with Crippen molar-refractivity contribution in [3.8, 4) is 0 Å². The lowest BCUT2D eigenvalue weighted by Crippen LogP contribution is -2.13. The Balaban J connectivity index is 1.63. The van der Waals surface area contributed by atoms with Crippen molar-refractivity contribution in [2.24, 2.45) is 0 Å². The van der Waals surface area contributed by atoms with Crippen LogP contribution in [-0.4, -0.2) is 19.5 Å². The molecule has 162 valence electrons. The SMILES string of the molecule is Cc1noc(NS(=O)(=O)c2ccc(NC(=O)C=Cc3ccc(C(C)C)cc3)cc2)c1C. The number of rotatable bonds is 7. The Labute approximate surface area is 182 Å². The second-order valence-corrected chi connectivity index (χ2v) is 9.18. The van der Waals surface area contributed by atoms with Gasteiger partial charge in [-0.1, -0.05) is 43.3 Å². The summed E-state index contributed by atoms with van der Waals surface area (Å²) in [5.41, 5.74) is 3.87. The maximum Gasteiger partial charge on any atom is 0.264 e. The summed E-state index contributed by atoms with van der Waals surface area (Å²) in [6.45, 7) is 7.69. The summed E-state index contributed by atoms with van der Waals surface area (Å²) in [6.07, 6.45) is 3.16. The van der Waals surface area contributed by atoms with Crippen molar-refractivity contribution in [1.82, 2.24) is 5.16 Å². The van der Waals surface area contributed by atoms with Gasteiger partial charge in [0, 0.05) is 17.3 Å². The minimum atomic E-state index is -3.83. The number of hydrogen-bond acceptors (Lipinski definition) is 5. The fraction of sp³-hybridized carbons (Fsp3) is 0.217. The van der Waals surface area contributed by atoms with Gasteiger partial charge in [-0.25, -0.2) is 13.1 Å². The number of benzene rings is 2. The fourth-order valence-electron chi connectivity index (χ4n) is 2.76. The van der Waals surface area contributed by atoms with Crippen LogP contribution in [0.1, 0.15) is 42.1 Å². The van der Waals surface area contributed by atoms with E-state index in [1.54, 1.807) is 19.9 Å². The molecule has 0 spiro atoms. The zero-order valence-corrected chi connectivity index (χ0v) is 18.7. The van der Waals surface area contributed by atoms with Crippen molar-refractivity contribution in [2.75, 3.05) is 10.0 Å². The monoisotopic (exact) mass is 439 g/mol. The molecule has 1 aromatic heterocycles. The Hall–Kier alpha value is -3.39. The van der Waals surface area contributed by atoms with Crippen LogP contribution < -0.4 is 10.0 Å². The Kier molecular flexibility index (Phi) is 6.60. The van der Waals surface area contributed by atoms with Crippen LogP contribution in [-0.2, 0) is 14.8 Å². The molecule has 3 rings (SSSR count). The largest absolute Gasteiger partial charge is 0.337 e. The third-order valence-electron chi connectivity index (χ3n) is 4.85. The first kappa shape index (κ1) is 22.3. The number of amides is 1. The van der Waals surface area contributed by atoms with Crippen LogP contribution in [0.4, 0.5) is 11.6 Å². The molecule has 0 bridgehead atoms. The van der Waals surface area contributed by atoms with E-state index in [0.29, 0.717) is 22.9 Å². The molecule has 0 radical (unpaired) electrons. The molecule has 3 aromatic rings. The minimum absolute atomic E-state index is 0.0414. The van der Waals surface area contributed by atoms with E-state index >= 15 is 0 Å². The topological polar surface area (TPSA) is 101 Å². The summed E-state index contributed by atoms with van der Waals surface area (Å²) in [4.78, 5) is 12.2. The molecule has 7 nitrogen and oxygen atoms in total. The summed E-state index contributed by atoms with van der Waals surface area (Å²) < 4.78 is 32.4. The van der Waals surface area contributed by atoms with Crippen molar-refractivity contribution in [1.29, 1.82) is 0 Å². The van der Waals surface area contributed by atoms with E-state index in [9.17, 15) is 13.2 Å². The molecule has 8 heteroatoms. The van der Waals surface area contributed by atoms with Gasteiger partial charge in [-0.3, -0.25) is 4.79 Å². The van der Waals surface area contributed by atoms with Crippen LogP contribution in [0, 0.1) is 13.8 Å². The maximum atomic E-state index is 12.5. The van der Waals surface area contributed by atoms with Crippen LogP contribution >= 0.6 is 0 Å². The molecule has 0 atom stereocenters. The summed E-state index contributed by atoms with van der Waals surface area (Å²) in [5.74, 6) is 0.225. The van der Waals surface area contributed by atoms with Gasteiger partial charge in [-0.15, -0.1) is 0 Å². The lowest BCUT2D eigenvalue weighted by molar-refractivity contribution is -0.111. The van der Waals surface area contributed by atoms with E-state index in [2.05, 4.69) is 29.0 Å². The third-order valence-corrected chi connectivity index (χ3v) is 6.19. The first-order valence-electron chi connectivity index (χ1n) is 9.80. The number of nitrogens with zero attached hydrogens (tertiary/aromatic N) is 1. The number of carbonyl (C=O) groups excluding carboxylic acids is 1. The van der Waals surface area contributed by atoms with Gasteiger partial charge in [0.25, 0.3) is 10.0 Å². The second kappa shape index (κ2) is 9.18. The van der Waals surface area contributed by atoms with E-state index in [4.69, 9.17) is 4.52 Å². The van der Waals surface area contributed by atoms with Crippen LogP contribution in [0.15, 0.2) is 64.0 Å². The molecule has 1 heterocycles. The lowest BCUT2D eigenvalue weighted by Gasteiger charge is -2.07. The van der Waals surface area contributed by atoms with Crippen molar-refractivity contribution in [2.45, 2.75) is 38.5 Å². The van der Waals surface area contributed by atoms with Gasteiger partial charge in [0.1, 0.15) is 0 Å². The molecule has 2 N–H and O–H groups in total. The number of sulfonamides is 1. The van der Waals surface area contributed by atoms with Crippen LogP contribution in [0.5, 0.6) is 0 Å². The smallest absolute Gasteiger partial charge is 0.264 e. The predicted octanol–water partition coefficient (Wildman–Crippen LogP) is 4.87. The molecule has 0 saturated heterocycles. The summed E-state index contributed by atoms with van der Waals surface area (Å²) in [5, 5.41) is 6.45. The minimum Gasteiger partial charge on any atom is -0.337 e. The molecule has 0 fully saturated rings. The summed E-state index contributed by atoms with van der Waals surface area (Å²) >= 11 is 0. The Morgan fingerprint density at radius 2 is 1.68 bits per heavy atom. The molecule has 2 aromatic carbocycles. The average molecular weight is 440 g/mol. The van der Waals surface area contributed by atoms with Gasteiger partial charge in [0.15, 0.2) is 0 Å².